The Morgan fingerprint density at radius 3 is 2.87 bits per heavy atom. The Morgan fingerprint density at radius 2 is 2.27 bits per heavy atom. The van der Waals surface area contributed by atoms with Crippen molar-refractivity contribution in [1.29, 1.82) is 0 Å². The Kier molecular flexibility index (Phi) is 2.53. The first-order valence-electron chi connectivity index (χ1n) is 5.03. The minimum atomic E-state index is -0.236. The molecule has 1 amide bonds. The lowest BCUT2D eigenvalue weighted by Crippen LogP contribution is -2.27. The third-order valence-electron chi connectivity index (χ3n) is 2.74. The summed E-state index contributed by atoms with van der Waals surface area (Å²) >= 11 is 0. The molecule has 3 N–H and O–H groups in total. The lowest BCUT2D eigenvalue weighted by Gasteiger charge is -2.04. The van der Waals surface area contributed by atoms with E-state index in [-0.39, 0.29) is 17.4 Å². The SMILES string of the molecule is CC1CC1CNC(=O)c1nccnc1N. The number of nitrogens with two attached hydrogens (primary N) is 1. The highest BCUT2D eigenvalue weighted by molar-refractivity contribution is 5.96. The van der Waals surface area contributed by atoms with E-state index in [0.717, 1.165) is 5.92 Å². The number of carbonyl (C=O) groups is 1. The number of nitrogen functional groups attached to an aromatic ring is 1. The number of nitrogens with zero attached hydrogens (tertiary/aromatic N) is 2. The van der Waals surface area contributed by atoms with Crippen LogP contribution in [-0.2, 0) is 0 Å². The summed E-state index contributed by atoms with van der Waals surface area (Å²) in [4.78, 5) is 19.3. The van der Waals surface area contributed by atoms with Gasteiger partial charge in [-0.05, 0) is 18.3 Å². The number of hydrogen-bond donors (Lipinski definition) is 2. The molecule has 5 nitrogen and oxygen atoms in total. The summed E-state index contributed by atoms with van der Waals surface area (Å²) in [5, 5.41) is 2.81. The topological polar surface area (TPSA) is 80.9 Å². The highest BCUT2D eigenvalue weighted by Gasteiger charge is 2.32. The van der Waals surface area contributed by atoms with E-state index in [9.17, 15) is 4.79 Å². The summed E-state index contributed by atoms with van der Waals surface area (Å²) in [5.41, 5.74) is 5.75. The molecule has 2 unspecified atom stereocenters. The second-order valence-electron chi connectivity index (χ2n) is 3.97. The fourth-order valence-corrected chi connectivity index (χ4v) is 1.51. The summed E-state index contributed by atoms with van der Waals surface area (Å²) in [7, 11) is 0. The van der Waals surface area contributed by atoms with Gasteiger partial charge in [0.2, 0.25) is 0 Å². The summed E-state index contributed by atoms with van der Waals surface area (Å²) in [6.07, 6.45) is 4.12. The molecule has 2 atom stereocenters. The van der Waals surface area contributed by atoms with Gasteiger partial charge in [-0.1, -0.05) is 6.92 Å². The molecular formula is C10H14N4O. The second kappa shape index (κ2) is 3.84. The monoisotopic (exact) mass is 206 g/mol. The summed E-state index contributed by atoms with van der Waals surface area (Å²) in [6, 6.07) is 0. The first kappa shape index (κ1) is 9.89. The van der Waals surface area contributed by atoms with Gasteiger partial charge in [0.25, 0.3) is 5.91 Å². The summed E-state index contributed by atoms with van der Waals surface area (Å²) in [5.74, 6) is 1.29. The van der Waals surface area contributed by atoms with Crippen molar-refractivity contribution >= 4 is 11.7 Å². The zero-order chi connectivity index (χ0) is 10.8. The standard InChI is InChI=1S/C10H14N4O/c1-6-4-7(6)5-14-10(15)8-9(11)13-3-2-12-8/h2-3,6-7H,4-5H2,1H3,(H2,11,13)(H,14,15). The number of amides is 1. The summed E-state index contributed by atoms with van der Waals surface area (Å²) in [6.45, 7) is 2.88. The third-order valence-corrected chi connectivity index (χ3v) is 2.74. The first-order valence-corrected chi connectivity index (χ1v) is 5.03. The number of anilines is 1. The number of nitrogens with one attached hydrogen (secondary N) is 1. The van der Waals surface area contributed by atoms with Gasteiger partial charge in [-0.3, -0.25) is 4.79 Å². The number of carbonyl (C=O) groups excluding carboxylic acids is 1. The third kappa shape index (κ3) is 2.23. The van der Waals surface area contributed by atoms with Crippen LogP contribution < -0.4 is 11.1 Å². The first-order chi connectivity index (χ1) is 7.18. The molecule has 1 saturated carbocycles. The lowest BCUT2D eigenvalue weighted by molar-refractivity contribution is 0.0947. The quantitative estimate of drug-likeness (QED) is 0.752. The molecule has 1 heterocycles. The molecule has 80 valence electrons. The van der Waals surface area contributed by atoms with Crippen LogP contribution in [0.25, 0.3) is 0 Å². The van der Waals surface area contributed by atoms with Crippen molar-refractivity contribution in [3.63, 3.8) is 0 Å². The molecule has 1 aromatic rings. The van der Waals surface area contributed by atoms with E-state index in [0.29, 0.717) is 12.5 Å². The van der Waals surface area contributed by atoms with Crippen molar-refractivity contribution in [3.05, 3.63) is 18.1 Å². The minimum Gasteiger partial charge on any atom is -0.382 e. The van der Waals surface area contributed by atoms with Crippen LogP contribution in [0.4, 0.5) is 5.82 Å². The van der Waals surface area contributed by atoms with Gasteiger partial charge in [0.15, 0.2) is 11.5 Å². The number of rotatable bonds is 3. The van der Waals surface area contributed by atoms with Gasteiger partial charge in [0.05, 0.1) is 0 Å². The maximum Gasteiger partial charge on any atom is 0.273 e. The highest BCUT2D eigenvalue weighted by atomic mass is 16.1. The Labute approximate surface area is 88.1 Å². The smallest absolute Gasteiger partial charge is 0.273 e. The average molecular weight is 206 g/mol. The molecule has 5 heteroatoms. The zero-order valence-electron chi connectivity index (χ0n) is 8.60. The molecular weight excluding hydrogens is 192 g/mol. The minimum absolute atomic E-state index is 0.179. The van der Waals surface area contributed by atoms with Crippen LogP contribution in [0.5, 0.6) is 0 Å². The molecule has 1 fully saturated rings. The number of aromatic nitrogens is 2. The number of hydrogen-bond acceptors (Lipinski definition) is 4. The predicted octanol–water partition coefficient (Wildman–Crippen LogP) is 0.445. The van der Waals surface area contributed by atoms with Crippen molar-refractivity contribution in [2.75, 3.05) is 12.3 Å². The van der Waals surface area contributed by atoms with Gasteiger partial charge in [-0.2, -0.15) is 0 Å². The predicted molar refractivity (Wildman–Crippen MR) is 56.0 cm³/mol. The zero-order valence-corrected chi connectivity index (χ0v) is 8.60. The maximum absolute atomic E-state index is 11.6. The average Bonchev–Trinajstić information content (AvgIpc) is 2.92. The maximum atomic E-state index is 11.6. The second-order valence-corrected chi connectivity index (χ2v) is 3.97. The molecule has 1 aliphatic carbocycles. The van der Waals surface area contributed by atoms with Gasteiger partial charge in [-0.25, -0.2) is 9.97 Å². The van der Waals surface area contributed by atoms with Crippen LogP contribution in [-0.4, -0.2) is 22.4 Å². The van der Waals surface area contributed by atoms with Gasteiger partial charge in [0.1, 0.15) is 0 Å². The fourth-order valence-electron chi connectivity index (χ4n) is 1.51. The molecule has 0 saturated heterocycles. The van der Waals surface area contributed by atoms with E-state index in [1.54, 1.807) is 0 Å². The fraction of sp³-hybridized carbons (Fsp3) is 0.500. The van der Waals surface area contributed by atoms with Crippen molar-refractivity contribution in [3.8, 4) is 0 Å². The van der Waals surface area contributed by atoms with Crippen molar-refractivity contribution in [2.45, 2.75) is 13.3 Å². The molecule has 2 rings (SSSR count). The Hall–Kier alpha value is -1.65. The Bertz CT molecular complexity index is 379. The van der Waals surface area contributed by atoms with Gasteiger partial charge >= 0.3 is 0 Å². The molecule has 0 bridgehead atoms. The van der Waals surface area contributed by atoms with Gasteiger partial charge in [-0.15, -0.1) is 0 Å². The Morgan fingerprint density at radius 1 is 1.60 bits per heavy atom. The van der Waals surface area contributed by atoms with Crippen LogP contribution in [0, 0.1) is 11.8 Å². The van der Waals surface area contributed by atoms with Crippen LogP contribution >= 0.6 is 0 Å². The molecule has 0 radical (unpaired) electrons. The van der Waals surface area contributed by atoms with Crippen LogP contribution in [0.15, 0.2) is 12.4 Å². The lowest BCUT2D eigenvalue weighted by atomic mass is 10.3. The molecule has 1 aliphatic rings. The Balaban J connectivity index is 1.93. The van der Waals surface area contributed by atoms with Crippen LogP contribution in [0.1, 0.15) is 23.8 Å². The van der Waals surface area contributed by atoms with E-state index in [1.807, 2.05) is 0 Å². The van der Waals surface area contributed by atoms with E-state index in [2.05, 4.69) is 22.2 Å². The molecule has 15 heavy (non-hydrogen) atoms. The molecule has 0 spiro atoms. The normalized spacial score (nSPS) is 23.5. The summed E-state index contributed by atoms with van der Waals surface area (Å²) < 4.78 is 0. The van der Waals surface area contributed by atoms with E-state index >= 15 is 0 Å². The molecule has 0 aromatic carbocycles. The van der Waals surface area contributed by atoms with Gasteiger partial charge < -0.3 is 11.1 Å². The largest absolute Gasteiger partial charge is 0.382 e. The molecule has 1 aromatic heterocycles. The molecule has 0 aliphatic heterocycles. The van der Waals surface area contributed by atoms with Crippen LogP contribution in [0.2, 0.25) is 0 Å². The van der Waals surface area contributed by atoms with Crippen LogP contribution in [0.3, 0.4) is 0 Å². The van der Waals surface area contributed by atoms with Gasteiger partial charge in [0, 0.05) is 18.9 Å². The van der Waals surface area contributed by atoms with E-state index in [4.69, 9.17) is 5.73 Å². The van der Waals surface area contributed by atoms with Crippen molar-refractivity contribution in [2.24, 2.45) is 11.8 Å². The van der Waals surface area contributed by atoms with Crippen molar-refractivity contribution in [1.82, 2.24) is 15.3 Å². The van der Waals surface area contributed by atoms with Crippen molar-refractivity contribution < 1.29 is 4.79 Å². The van der Waals surface area contributed by atoms with E-state index in [1.165, 1.54) is 18.8 Å². The highest BCUT2D eigenvalue weighted by Crippen LogP contribution is 2.36. The van der Waals surface area contributed by atoms with E-state index < -0.39 is 0 Å².